The number of carbonyl (C=O) groups excluding carboxylic acids is 1. The van der Waals surface area contributed by atoms with E-state index in [1.807, 2.05) is 13.0 Å². The number of aromatic nitrogens is 5. The van der Waals surface area contributed by atoms with Crippen LogP contribution >= 0.6 is 23.1 Å². The number of hydrogen-bond acceptors (Lipinski definition) is 7. The highest BCUT2D eigenvalue weighted by atomic mass is 32.2. The summed E-state index contributed by atoms with van der Waals surface area (Å²) in [6, 6.07) is 10.1. The highest BCUT2D eigenvalue weighted by Gasteiger charge is 2.19. The second-order valence-corrected chi connectivity index (χ2v) is 8.39. The van der Waals surface area contributed by atoms with Crippen molar-refractivity contribution in [1.82, 2.24) is 30.0 Å². The van der Waals surface area contributed by atoms with Crippen molar-refractivity contribution in [2.75, 3.05) is 6.54 Å². The van der Waals surface area contributed by atoms with Crippen LogP contribution in [0.2, 0.25) is 0 Å². The van der Waals surface area contributed by atoms with E-state index in [1.54, 1.807) is 46.6 Å². The van der Waals surface area contributed by atoms with E-state index in [9.17, 15) is 9.18 Å². The van der Waals surface area contributed by atoms with Crippen LogP contribution in [-0.4, -0.2) is 37.2 Å². The van der Waals surface area contributed by atoms with Gasteiger partial charge in [-0.3, -0.25) is 14.3 Å². The first-order valence-electron chi connectivity index (χ1n) is 9.63. The summed E-state index contributed by atoms with van der Waals surface area (Å²) in [6.45, 7) is 2.61. The minimum Gasteiger partial charge on any atom is -0.351 e. The molecule has 0 fully saturated rings. The van der Waals surface area contributed by atoms with E-state index < -0.39 is 0 Å². The van der Waals surface area contributed by atoms with Crippen LogP contribution in [0.25, 0.3) is 17.1 Å². The number of halogens is 1. The first-order chi connectivity index (χ1) is 15.2. The Hall–Kier alpha value is -3.11. The van der Waals surface area contributed by atoms with Gasteiger partial charge < -0.3 is 5.32 Å². The Morgan fingerprint density at radius 3 is 2.87 bits per heavy atom. The van der Waals surface area contributed by atoms with Gasteiger partial charge in [0.25, 0.3) is 5.91 Å². The average molecular weight is 455 g/mol. The fourth-order valence-electron chi connectivity index (χ4n) is 2.83. The van der Waals surface area contributed by atoms with E-state index in [1.165, 1.54) is 29.2 Å². The summed E-state index contributed by atoms with van der Waals surface area (Å²) in [4.78, 5) is 20.6. The Labute approximate surface area is 186 Å². The topological polar surface area (TPSA) is 85.6 Å². The number of thioether (sulfide) groups is 1. The van der Waals surface area contributed by atoms with Crippen molar-refractivity contribution in [3.63, 3.8) is 0 Å². The third-order valence-electron chi connectivity index (χ3n) is 4.29. The highest BCUT2D eigenvalue weighted by Crippen LogP contribution is 2.31. The maximum Gasteiger partial charge on any atom is 0.270 e. The largest absolute Gasteiger partial charge is 0.351 e. The summed E-state index contributed by atoms with van der Waals surface area (Å²) in [6.07, 6.45) is 4.20. The zero-order chi connectivity index (χ0) is 21.6. The molecule has 31 heavy (non-hydrogen) atoms. The second kappa shape index (κ2) is 9.80. The van der Waals surface area contributed by atoms with Gasteiger partial charge in [0.1, 0.15) is 16.5 Å². The van der Waals surface area contributed by atoms with Crippen molar-refractivity contribution in [2.45, 2.75) is 24.3 Å². The van der Waals surface area contributed by atoms with Gasteiger partial charge in [-0.15, -0.1) is 21.5 Å². The van der Waals surface area contributed by atoms with Gasteiger partial charge in [-0.2, -0.15) is 0 Å². The van der Waals surface area contributed by atoms with Gasteiger partial charge >= 0.3 is 0 Å². The number of amides is 1. The van der Waals surface area contributed by atoms with Crippen LogP contribution in [0.5, 0.6) is 0 Å². The van der Waals surface area contributed by atoms with Crippen molar-refractivity contribution < 1.29 is 9.18 Å². The normalized spacial score (nSPS) is 10.9. The molecule has 7 nitrogen and oxygen atoms in total. The van der Waals surface area contributed by atoms with Gasteiger partial charge in [-0.1, -0.05) is 30.8 Å². The van der Waals surface area contributed by atoms with Crippen LogP contribution in [-0.2, 0) is 5.75 Å². The van der Waals surface area contributed by atoms with E-state index in [0.717, 1.165) is 17.0 Å². The van der Waals surface area contributed by atoms with E-state index in [4.69, 9.17) is 0 Å². The van der Waals surface area contributed by atoms with Gasteiger partial charge in [0.15, 0.2) is 11.0 Å². The number of pyridine rings is 1. The number of nitrogens with zero attached hydrogens (tertiary/aromatic N) is 5. The lowest BCUT2D eigenvalue weighted by atomic mass is 10.2. The van der Waals surface area contributed by atoms with Crippen LogP contribution < -0.4 is 5.32 Å². The Morgan fingerprint density at radius 2 is 2.10 bits per heavy atom. The molecule has 3 aromatic heterocycles. The number of para-hydroxylation sites is 1. The Bertz CT molecular complexity index is 1180. The molecule has 0 saturated carbocycles. The maximum absolute atomic E-state index is 14.6. The lowest BCUT2D eigenvalue weighted by Crippen LogP contribution is -2.24. The monoisotopic (exact) mass is 454 g/mol. The van der Waals surface area contributed by atoms with Gasteiger partial charge in [0.05, 0.1) is 11.4 Å². The molecule has 0 radical (unpaired) electrons. The summed E-state index contributed by atoms with van der Waals surface area (Å²) in [5, 5.41) is 14.4. The lowest BCUT2D eigenvalue weighted by molar-refractivity contribution is 0.0949. The van der Waals surface area contributed by atoms with Crippen LogP contribution in [0, 0.1) is 5.82 Å². The molecule has 0 aliphatic carbocycles. The molecule has 4 aromatic rings. The third-order valence-corrected chi connectivity index (χ3v) is 6.26. The predicted molar refractivity (Wildman–Crippen MR) is 119 cm³/mol. The number of rotatable bonds is 8. The average Bonchev–Trinajstić information content (AvgIpc) is 3.44. The Balaban J connectivity index is 1.61. The Kier molecular flexibility index (Phi) is 6.68. The first kappa shape index (κ1) is 21.1. The smallest absolute Gasteiger partial charge is 0.270 e. The molecule has 158 valence electrons. The van der Waals surface area contributed by atoms with Gasteiger partial charge in [0, 0.05) is 29.9 Å². The van der Waals surface area contributed by atoms with Gasteiger partial charge in [-0.25, -0.2) is 9.37 Å². The van der Waals surface area contributed by atoms with Gasteiger partial charge in [-0.05, 0) is 30.7 Å². The zero-order valence-corrected chi connectivity index (χ0v) is 18.3. The molecule has 0 aliphatic rings. The van der Waals surface area contributed by atoms with Crippen molar-refractivity contribution in [1.29, 1.82) is 0 Å². The number of carbonyl (C=O) groups is 1. The molecule has 0 bridgehead atoms. The fourth-order valence-corrected chi connectivity index (χ4v) is 4.57. The van der Waals surface area contributed by atoms with Crippen LogP contribution in [0.3, 0.4) is 0 Å². The number of benzene rings is 1. The highest BCUT2D eigenvalue weighted by molar-refractivity contribution is 7.98. The molecule has 3 heterocycles. The molecule has 0 saturated heterocycles. The van der Waals surface area contributed by atoms with Crippen LogP contribution in [0.4, 0.5) is 4.39 Å². The van der Waals surface area contributed by atoms with Crippen molar-refractivity contribution in [3.05, 3.63) is 70.7 Å². The second-order valence-electron chi connectivity index (χ2n) is 6.51. The summed E-state index contributed by atoms with van der Waals surface area (Å²) in [5.41, 5.74) is 1.49. The number of hydrogen-bond donors (Lipinski definition) is 1. The molecule has 0 unspecified atom stereocenters. The van der Waals surface area contributed by atoms with E-state index >= 15 is 0 Å². The fraction of sp³-hybridized carbons (Fsp3) is 0.190. The molecule has 0 aliphatic heterocycles. The van der Waals surface area contributed by atoms with Crippen LogP contribution in [0.15, 0.2) is 59.3 Å². The molecule has 10 heteroatoms. The van der Waals surface area contributed by atoms with Crippen molar-refractivity contribution in [3.8, 4) is 17.1 Å². The van der Waals surface area contributed by atoms with E-state index in [-0.39, 0.29) is 11.7 Å². The predicted octanol–water partition coefficient (Wildman–Crippen LogP) is 4.36. The summed E-state index contributed by atoms with van der Waals surface area (Å²) >= 11 is 2.78. The van der Waals surface area contributed by atoms with E-state index in [0.29, 0.717) is 34.7 Å². The number of thiazole rings is 1. The minimum absolute atomic E-state index is 0.178. The standard InChI is InChI=1S/C21H19FN6OS2/c1-2-9-24-20(29)16-12-30-18(25-16)13-31-21-27-26-19(14-6-5-10-23-11-14)28(21)17-8-4-3-7-15(17)22/h3-8,10-12H,2,9,13H2,1H3,(H,24,29). The maximum atomic E-state index is 14.6. The minimum atomic E-state index is -0.376. The molecule has 1 aromatic carbocycles. The SMILES string of the molecule is CCCNC(=O)c1csc(CSc2nnc(-c3cccnc3)n2-c2ccccc2F)n1. The quantitative estimate of drug-likeness (QED) is 0.398. The summed E-state index contributed by atoms with van der Waals surface area (Å²) in [5.74, 6) is 0.423. The Morgan fingerprint density at radius 1 is 1.23 bits per heavy atom. The molecule has 1 N–H and O–H groups in total. The molecule has 4 rings (SSSR count). The molecular formula is C21H19FN6OS2. The van der Waals surface area contributed by atoms with Crippen molar-refractivity contribution >= 4 is 29.0 Å². The zero-order valence-electron chi connectivity index (χ0n) is 16.7. The molecular weight excluding hydrogens is 435 g/mol. The molecule has 1 amide bonds. The lowest BCUT2D eigenvalue weighted by Gasteiger charge is -2.10. The molecule has 0 spiro atoms. The van der Waals surface area contributed by atoms with Gasteiger partial charge in [0.2, 0.25) is 0 Å². The van der Waals surface area contributed by atoms with Crippen LogP contribution in [0.1, 0.15) is 28.8 Å². The first-order valence-corrected chi connectivity index (χ1v) is 11.5. The molecule has 0 atom stereocenters. The summed E-state index contributed by atoms with van der Waals surface area (Å²) < 4.78 is 16.3. The number of nitrogens with one attached hydrogen (secondary N) is 1. The van der Waals surface area contributed by atoms with E-state index in [2.05, 4.69) is 25.5 Å². The summed E-state index contributed by atoms with van der Waals surface area (Å²) in [7, 11) is 0. The third kappa shape index (κ3) is 4.80. The van der Waals surface area contributed by atoms with Crippen molar-refractivity contribution in [2.24, 2.45) is 0 Å².